The molecule has 3 nitrogen and oxygen atoms in total. The zero-order chi connectivity index (χ0) is 25.3. The highest BCUT2D eigenvalue weighted by Crippen LogP contribution is 2.62. The van der Waals surface area contributed by atoms with E-state index in [2.05, 4.69) is 72.8 Å². The van der Waals surface area contributed by atoms with Gasteiger partial charge in [0.2, 0.25) is 0 Å². The summed E-state index contributed by atoms with van der Waals surface area (Å²) in [5.41, 5.74) is 10.1. The van der Waals surface area contributed by atoms with Gasteiger partial charge in [-0.05, 0) is 56.6 Å². The average molecular weight is 480 g/mol. The second kappa shape index (κ2) is 7.94. The molecule has 8 rings (SSSR count). The molecule has 4 heteroatoms. The van der Waals surface area contributed by atoms with Crippen LogP contribution in [0.4, 0.5) is 0 Å². The summed E-state index contributed by atoms with van der Waals surface area (Å²) in [4.78, 5) is 0. The molecule has 1 aromatic heterocycles. The molecule has 0 saturated carbocycles. The van der Waals surface area contributed by atoms with Crippen LogP contribution in [-0.2, 0) is 5.41 Å². The van der Waals surface area contributed by atoms with Crippen molar-refractivity contribution in [3.05, 3.63) is 125 Å². The molecule has 2 aliphatic carbocycles. The first-order valence-corrected chi connectivity index (χ1v) is 12.9. The van der Waals surface area contributed by atoms with Gasteiger partial charge in [0.1, 0.15) is 11.2 Å². The second-order valence-electron chi connectivity index (χ2n) is 9.45. The third-order valence-corrected chi connectivity index (χ3v) is 7.92. The first-order valence-electron chi connectivity index (χ1n) is 12.9. The van der Waals surface area contributed by atoms with Crippen LogP contribution in [0.2, 0.25) is 0 Å². The molecular formula is C33H25BO3. The van der Waals surface area contributed by atoms with Crippen LogP contribution < -0.4 is 5.46 Å². The Kier molecular flexibility index (Phi) is 4.75. The molecule has 178 valence electrons. The lowest BCUT2D eigenvalue weighted by Gasteiger charge is -2.30. The fourth-order valence-electron chi connectivity index (χ4n) is 6.70. The topological polar surface area (TPSA) is 53.6 Å². The number of furan rings is 1. The van der Waals surface area contributed by atoms with Crippen molar-refractivity contribution in [2.45, 2.75) is 19.3 Å². The molecule has 6 aromatic rings. The van der Waals surface area contributed by atoms with Gasteiger partial charge in [-0.15, -0.1) is 0 Å². The molecule has 5 aromatic carbocycles. The summed E-state index contributed by atoms with van der Waals surface area (Å²) in [6.45, 7) is 4.00. The zero-order valence-electron chi connectivity index (χ0n) is 20.7. The van der Waals surface area contributed by atoms with Gasteiger partial charge < -0.3 is 14.5 Å². The van der Waals surface area contributed by atoms with Gasteiger partial charge in [-0.25, -0.2) is 0 Å². The standard InChI is InChI=1S/C31H19BO3.C2H6/c33-32(34)29-28-21-12-3-7-15-25(21)31(23-13-5-1-9-18(23)19-10-2-6-14-24(19)31)26(28)17-22-20-11-4-8-16-27(20)35-30(22)29;1-2/h1-17,33-34H;1-2H3. The summed E-state index contributed by atoms with van der Waals surface area (Å²) in [6.07, 6.45) is 0. The van der Waals surface area contributed by atoms with Crippen LogP contribution in [0.25, 0.3) is 44.2 Å². The first kappa shape index (κ1) is 22.1. The molecule has 0 radical (unpaired) electrons. The minimum absolute atomic E-state index is 0.430. The van der Waals surface area contributed by atoms with Crippen LogP contribution >= 0.6 is 0 Å². The van der Waals surface area contributed by atoms with Crippen LogP contribution in [0.3, 0.4) is 0 Å². The van der Waals surface area contributed by atoms with Gasteiger partial charge in [0.25, 0.3) is 0 Å². The van der Waals surface area contributed by atoms with E-state index in [0.717, 1.165) is 38.6 Å². The average Bonchev–Trinajstić information content (AvgIpc) is 3.57. The predicted molar refractivity (Wildman–Crippen MR) is 151 cm³/mol. The van der Waals surface area contributed by atoms with E-state index in [-0.39, 0.29) is 0 Å². The van der Waals surface area contributed by atoms with Crippen molar-refractivity contribution < 1.29 is 14.5 Å². The monoisotopic (exact) mass is 480 g/mol. The van der Waals surface area contributed by atoms with E-state index in [9.17, 15) is 10.0 Å². The fourth-order valence-corrected chi connectivity index (χ4v) is 6.70. The summed E-state index contributed by atoms with van der Waals surface area (Å²) >= 11 is 0. The number of fused-ring (bicyclic) bond motifs is 13. The number of rotatable bonds is 1. The maximum atomic E-state index is 10.8. The molecule has 0 bridgehead atoms. The Labute approximate surface area is 215 Å². The molecule has 2 aliphatic rings. The second-order valence-corrected chi connectivity index (χ2v) is 9.45. The van der Waals surface area contributed by atoms with E-state index in [0.29, 0.717) is 11.0 Å². The highest BCUT2D eigenvalue weighted by Gasteiger charge is 2.53. The minimum atomic E-state index is -1.68. The predicted octanol–water partition coefficient (Wildman–Crippen LogP) is 6.64. The van der Waals surface area contributed by atoms with Crippen LogP contribution in [0.5, 0.6) is 0 Å². The molecule has 0 saturated heterocycles. The van der Waals surface area contributed by atoms with Crippen molar-refractivity contribution in [3.8, 4) is 22.3 Å². The summed E-state index contributed by atoms with van der Waals surface area (Å²) in [6, 6.07) is 35.7. The molecular weight excluding hydrogens is 455 g/mol. The van der Waals surface area contributed by atoms with E-state index >= 15 is 0 Å². The zero-order valence-corrected chi connectivity index (χ0v) is 20.7. The number of hydrogen-bond donors (Lipinski definition) is 2. The molecule has 2 N–H and O–H groups in total. The Hall–Kier alpha value is -4.12. The van der Waals surface area contributed by atoms with Gasteiger partial charge in [-0.3, -0.25) is 0 Å². The lowest BCUT2D eigenvalue weighted by molar-refractivity contribution is 0.425. The summed E-state index contributed by atoms with van der Waals surface area (Å²) in [5, 5.41) is 23.4. The summed E-state index contributed by atoms with van der Waals surface area (Å²) in [5.74, 6) is 0. The van der Waals surface area contributed by atoms with Crippen LogP contribution in [0.15, 0.2) is 108 Å². The summed E-state index contributed by atoms with van der Waals surface area (Å²) in [7, 11) is -1.68. The van der Waals surface area contributed by atoms with Gasteiger partial charge in [-0.1, -0.05) is 105 Å². The van der Waals surface area contributed by atoms with Crippen molar-refractivity contribution >= 4 is 34.5 Å². The van der Waals surface area contributed by atoms with E-state index < -0.39 is 12.5 Å². The SMILES string of the molecule is CC.OB(O)c1c2c(cc3c1oc1ccccc13)C1(c3ccccc3-c3ccccc31)c1ccccc1-2. The van der Waals surface area contributed by atoms with Gasteiger partial charge >= 0.3 is 7.12 Å². The smallest absolute Gasteiger partial charge is 0.456 e. The van der Waals surface area contributed by atoms with E-state index in [4.69, 9.17) is 4.42 Å². The fraction of sp³-hybridized carbons (Fsp3) is 0.0909. The molecule has 0 amide bonds. The molecule has 1 spiro atoms. The molecule has 0 unspecified atom stereocenters. The third-order valence-electron chi connectivity index (χ3n) is 7.92. The van der Waals surface area contributed by atoms with Crippen LogP contribution in [-0.4, -0.2) is 17.2 Å². The number of hydrogen-bond acceptors (Lipinski definition) is 3. The lowest BCUT2D eigenvalue weighted by Crippen LogP contribution is -2.33. The Morgan fingerprint density at radius 3 is 1.73 bits per heavy atom. The maximum Gasteiger partial charge on any atom is 0.492 e. The van der Waals surface area contributed by atoms with Gasteiger partial charge in [0.05, 0.1) is 5.41 Å². The molecule has 37 heavy (non-hydrogen) atoms. The van der Waals surface area contributed by atoms with Crippen LogP contribution in [0, 0.1) is 0 Å². The Morgan fingerprint density at radius 2 is 1.11 bits per heavy atom. The largest absolute Gasteiger partial charge is 0.492 e. The highest BCUT2D eigenvalue weighted by molar-refractivity contribution is 6.64. The molecule has 0 aliphatic heterocycles. The Bertz CT molecular complexity index is 1800. The van der Waals surface area contributed by atoms with Crippen molar-refractivity contribution in [2.24, 2.45) is 0 Å². The van der Waals surface area contributed by atoms with Crippen molar-refractivity contribution in [1.82, 2.24) is 0 Å². The van der Waals surface area contributed by atoms with Crippen molar-refractivity contribution in [2.75, 3.05) is 0 Å². The van der Waals surface area contributed by atoms with Crippen LogP contribution in [0.1, 0.15) is 36.1 Å². The van der Waals surface area contributed by atoms with Gasteiger partial charge in [0, 0.05) is 16.2 Å². The van der Waals surface area contributed by atoms with E-state index in [1.54, 1.807) is 0 Å². The molecule has 1 heterocycles. The highest BCUT2D eigenvalue weighted by atomic mass is 16.4. The molecule has 0 fully saturated rings. The van der Waals surface area contributed by atoms with Crippen molar-refractivity contribution in [1.29, 1.82) is 0 Å². The maximum absolute atomic E-state index is 10.8. The quantitative estimate of drug-likeness (QED) is 0.259. The van der Waals surface area contributed by atoms with Crippen molar-refractivity contribution in [3.63, 3.8) is 0 Å². The van der Waals surface area contributed by atoms with E-state index in [1.807, 2.05) is 44.2 Å². The minimum Gasteiger partial charge on any atom is -0.456 e. The summed E-state index contributed by atoms with van der Waals surface area (Å²) < 4.78 is 6.26. The van der Waals surface area contributed by atoms with Gasteiger partial charge in [-0.2, -0.15) is 0 Å². The molecule has 0 atom stereocenters. The number of benzene rings is 5. The third kappa shape index (κ3) is 2.64. The Morgan fingerprint density at radius 1 is 0.595 bits per heavy atom. The Balaban J connectivity index is 0.00000113. The first-order chi connectivity index (χ1) is 18.2. The number of para-hydroxylation sites is 1. The van der Waals surface area contributed by atoms with Gasteiger partial charge in [0.15, 0.2) is 0 Å². The lowest BCUT2D eigenvalue weighted by atomic mass is 9.68. The normalized spacial score (nSPS) is 13.6. The van der Waals surface area contributed by atoms with E-state index in [1.165, 1.54) is 22.3 Å².